The van der Waals surface area contributed by atoms with E-state index in [4.69, 9.17) is 0 Å². The molecule has 15 heavy (non-hydrogen) atoms. The summed E-state index contributed by atoms with van der Waals surface area (Å²) in [6.07, 6.45) is 5.18. The zero-order chi connectivity index (χ0) is 10.5. The number of unbranched alkanes of at least 4 members (excludes halogenated alkanes) is 1. The van der Waals surface area contributed by atoms with Crippen molar-refractivity contribution >= 4 is 5.71 Å². The van der Waals surface area contributed by atoms with Crippen LogP contribution in [0.4, 0.5) is 0 Å². The second kappa shape index (κ2) is 5.11. The Morgan fingerprint density at radius 1 is 1.27 bits per heavy atom. The topological polar surface area (TPSA) is 12.4 Å². The van der Waals surface area contributed by atoms with E-state index in [1.54, 1.807) is 0 Å². The highest BCUT2D eigenvalue weighted by Crippen LogP contribution is 2.24. The fourth-order valence-electron chi connectivity index (χ4n) is 2.27. The summed E-state index contributed by atoms with van der Waals surface area (Å²) in [6.45, 7) is 3.28. The highest BCUT2D eigenvalue weighted by Gasteiger charge is 2.21. The Morgan fingerprint density at radius 2 is 2.07 bits per heavy atom. The molecule has 0 N–H and O–H groups in total. The van der Waals surface area contributed by atoms with Gasteiger partial charge in [-0.3, -0.25) is 4.99 Å². The molecule has 0 bridgehead atoms. The Balaban J connectivity index is 2.08. The maximum absolute atomic E-state index is 4.66. The molecular weight excluding hydrogens is 182 g/mol. The van der Waals surface area contributed by atoms with E-state index in [1.165, 1.54) is 37.0 Å². The lowest BCUT2D eigenvalue weighted by molar-refractivity contribution is 0.578. The molecule has 1 heteroatoms. The Morgan fingerprint density at radius 3 is 2.80 bits per heavy atom. The van der Waals surface area contributed by atoms with Gasteiger partial charge in [0.1, 0.15) is 0 Å². The van der Waals surface area contributed by atoms with E-state index in [-0.39, 0.29) is 0 Å². The van der Waals surface area contributed by atoms with Gasteiger partial charge >= 0.3 is 0 Å². The molecule has 0 saturated carbocycles. The van der Waals surface area contributed by atoms with E-state index < -0.39 is 0 Å². The standard InChI is InChI=1S/C14H19N/c1-2-3-7-13-10-11-15-14(13)12-8-5-4-6-9-12/h4-6,8-9,13H,2-3,7,10-11H2,1H3. The van der Waals surface area contributed by atoms with Crippen molar-refractivity contribution in [2.75, 3.05) is 6.54 Å². The molecule has 0 fully saturated rings. The minimum Gasteiger partial charge on any atom is -0.289 e. The predicted octanol–water partition coefficient (Wildman–Crippen LogP) is 3.69. The summed E-state index contributed by atoms with van der Waals surface area (Å²) in [6, 6.07) is 10.6. The number of benzene rings is 1. The molecule has 1 aromatic rings. The molecule has 80 valence electrons. The third-order valence-corrected chi connectivity index (χ3v) is 3.12. The lowest BCUT2D eigenvalue weighted by Crippen LogP contribution is -2.11. The minimum absolute atomic E-state index is 0.715. The van der Waals surface area contributed by atoms with Crippen LogP contribution in [0.25, 0.3) is 0 Å². The van der Waals surface area contributed by atoms with E-state index in [0.29, 0.717) is 5.92 Å². The van der Waals surface area contributed by atoms with Crippen molar-refractivity contribution in [3.05, 3.63) is 35.9 Å². The molecule has 2 rings (SSSR count). The Bertz CT molecular complexity index is 326. The maximum atomic E-state index is 4.66. The Kier molecular flexibility index (Phi) is 3.54. The number of nitrogens with zero attached hydrogens (tertiary/aromatic N) is 1. The predicted molar refractivity (Wildman–Crippen MR) is 65.5 cm³/mol. The van der Waals surface area contributed by atoms with E-state index in [9.17, 15) is 0 Å². The maximum Gasteiger partial charge on any atom is 0.0452 e. The van der Waals surface area contributed by atoms with Crippen LogP contribution < -0.4 is 0 Å². The van der Waals surface area contributed by atoms with Gasteiger partial charge in [0.15, 0.2) is 0 Å². The zero-order valence-corrected chi connectivity index (χ0v) is 9.45. The van der Waals surface area contributed by atoms with E-state index in [0.717, 1.165) is 6.54 Å². The van der Waals surface area contributed by atoms with Gasteiger partial charge < -0.3 is 0 Å². The van der Waals surface area contributed by atoms with Crippen LogP contribution >= 0.6 is 0 Å². The van der Waals surface area contributed by atoms with Gasteiger partial charge in [-0.1, -0.05) is 50.1 Å². The Hall–Kier alpha value is -1.11. The molecule has 1 aliphatic rings. The lowest BCUT2D eigenvalue weighted by Gasteiger charge is -2.12. The first-order valence-corrected chi connectivity index (χ1v) is 6.01. The third kappa shape index (κ3) is 2.47. The van der Waals surface area contributed by atoms with Gasteiger partial charge in [0.2, 0.25) is 0 Å². The second-order valence-corrected chi connectivity index (χ2v) is 4.26. The normalized spacial score (nSPS) is 20.3. The molecular formula is C14H19N. The second-order valence-electron chi connectivity index (χ2n) is 4.26. The summed E-state index contributed by atoms with van der Waals surface area (Å²) in [4.78, 5) is 4.66. The summed E-state index contributed by atoms with van der Waals surface area (Å²) < 4.78 is 0. The average Bonchev–Trinajstić information content (AvgIpc) is 2.75. The van der Waals surface area contributed by atoms with E-state index >= 15 is 0 Å². The summed E-state index contributed by atoms with van der Waals surface area (Å²) in [5, 5.41) is 0. The number of hydrogen-bond acceptors (Lipinski definition) is 1. The van der Waals surface area contributed by atoms with Crippen LogP contribution in [0, 0.1) is 5.92 Å². The summed E-state index contributed by atoms with van der Waals surface area (Å²) in [5.41, 5.74) is 2.68. The summed E-state index contributed by atoms with van der Waals surface area (Å²) >= 11 is 0. The number of aliphatic imine (C=N–C) groups is 1. The monoisotopic (exact) mass is 201 g/mol. The fourth-order valence-corrected chi connectivity index (χ4v) is 2.27. The third-order valence-electron chi connectivity index (χ3n) is 3.12. The quantitative estimate of drug-likeness (QED) is 0.704. The largest absolute Gasteiger partial charge is 0.289 e. The van der Waals surface area contributed by atoms with Crippen LogP contribution in [0.3, 0.4) is 0 Å². The molecule has 0 spiro atoms. The number of rotatable bonds is 4. The molecule has 1 heterocycles. The van der Waals surface area contributed by atoms with Crippen LogP contribution in [0.15, 0.2) is 35.3 Å². The molecule has 0 aliphatic carbocycles. The molecule has 0 saturated heterocycles. The van der Waals surface area contributed by atoms with Crippen molar-refractivity contribution in [1.29, 1.82) is 0 Å². The van der Waals surface area contributed by atoms with Crippen LogP contribution in [0.1, 0.15) is 38.2 Å². The molecule has 0 aromatic heterocycles. The van der Waals surface area contributed by atoms with E-state index in [2.05, 4.69) is 42.2 Å². The molecule has 1 unspecified atom stereocenters. The molecule has 0 amide bonds. The summed E-state index contributed by atoms with van der Waals surface area (Å²) in [5.74, 6) is 0.715. The number of hydrogen-bond donors (Lipinski definition) is 0. The molecule has 1 nitrogen and oxygen atoms in total. The smallest absolute Gasteiger partial charge is 0.0452 e. The highest BCUT2D eigenvalue weighted by molar-refractivity contribution is 6.03. The van der Waals surface area contributed by atoms with Crippen molar-refractivity contribution in [1.82, 2.24) is 0 Å². The molecule has 1 aromatic carbocycles. The van der Waals surface area contributed by atoms with Crippen LogP contribution in [0.2, 0.25) is 0 Å². The van der Waals surface area contributed by atoms with Gasteiger partial charge in [-0.15, -0.1) is 0 Å². The molecule has 1 atom stereocenters. The van der Waals surface area contributed by atoms with Crippen LogP contribution in [-0.4, -0.2) is 12.3 Å². The van der Waals surface area contributed by atoms with Gasteiger partial charge in [-0.2, -0.15) is 0 Å². The SMILES string of the molecule is CCCCC1CCN=C1c1ccccc1. The van der Waals surface area contributed by atoms with Crippen LogP contribution in [0.5, 0.6) is 0 Å². The van der Waals surface area contributed by atoms with Crippen molar-refractivity contribution in [3.8, 4) is 0 Å². The van der Waals surface area contributed by atoms with Gasteiger partial charge in [0.05, 0.1) is 0 Å². The lowest BCUT2D eigenvalue weighted by atomic mass is 9.91. The van der Waals surface area contributed by atoms with Gasteiger partial charge in [0, 0.05) is 18.2 Å². The zero-order valence-electron chi connectivity index (χ0n) is 9.45. The molecule has 1 aliphatic heterocycles. The van der Waals surface area contributed by atoms with Crippen molar-refractivity contribution in [2.45, 2.75) is 32.6 Å². The highest BCUT2D eigenvalue weighted by atomic mass is 14.8. The van der Waals surface area contributed by atoms with Crippen molar-refractivity contribution in [2.24, 2.45) is 10.9 Å². The van der Waals surface area contributed by atoms with Gasteiger partial charge in [0.25, 0.3) is 0 Å². The van der Waals surface area contributed by atoms with Crippen LogP contribution in [-0.2, 0) is 0 Å². The fraction of sp³-hybridized carbons (Fsp3) is 0.500. The minimum atomic E-state index is 0.715. The van der Waals surface area contributed by atoms with Gasteiger partial charge in [-0.25, -0.2) is 0 Å². The summed E-state index contributed by atoms with van der Waals surface area (Å²) in [7, 11) is 0. The molecule has 0 radical (unpaired) electrons. The first-order valence-electron chi connectivity index (χ1n) is 6.01. The van der Waals surface area contributed by atoms with E-state index in [1.807, 2.05) is 0 Å². The first kappa shape index (κ1) is 10.4. The Labute approximate surface area is 92.2 Å². The van der Waals surface area contributed by atoms with Gasteiger partial charge in [-0.05, 0) is 18.4 Å². The van der Waals surface area contributed by atoms with Crippen molar-refractivity contribution in [3.63, 3.8) is 0 Å². The first-order chi connectivity index (χ1) is 7.42. The average molecular weight is 201 g/mol. The van der Waals surface area contributed by atoms with Crippen molar-refractivity contribution < 1.29 is 0 Å².